The molecule has 0 aromatic heterocycles. The van der Waals surface area contributed by atoms with Crippen LogP contribution in [0, 0.1) is 11.6 Å². The molecule has 0 aliphatic carbocycles. The summed E-state index contributed by atoms with van der Waals surface area (Å²) in [5, 5.41) is 0. The molecule has 1 unspecified atom stereocenters. The van der Waals surface area contributed by atoms with E-state index in [9.17, 15) is 26.7 Å². The van der Waals surface area contributed by atoms with Crippen molar-refractivity contribution in [1.29, 1.82) is 0 Å². The van der Waals surface area contributed by atoms with Crippen LogP contribution in [0.3, 0.4) is 0 Å². The molecule has 1 amide bonds. The fourth-order valence-electron chi connectivity index (χ4n) is 3.75. The number of carbonyl (C=O) groups excluding carboxylic acids is 1. The number of carbonyl (C=O) groups is 1. The summed E-state index contributed by atoms with van der Waals surface area (Å²) in [6, 6.07) is 8.17. The van der Waals surface area contributed by atoms with E-state index >= 15 is 0 Å². The van der Waals surface area contributed by atoms with Gasteiger partial charge in [-0.3, -0.25) is 4.79 Å². The summed E-state index contributed by atoms with van der Waals surface area (Å²) >= 11 is 0.256. The molecule has 0 spiro atoms. The zero-order chi connectivity index (χ0) is 21.5. The van der Waals surface area contributed by atoms with E-state index in [1.54, 1.807) is 29.2 Å². The molecule has 3 nitrogen and oxygen atoms in total. The molecule has 2 aliphatic heterocycles. The minimum Gasteiger partial charge on any atom is -0.339 e. The molecule has 0 bridgehead atoms. The molecule has 9 heteroatoms. The van der Waals surface area contributed by atoms with Crippen molar-refractivity contribution < 1.29 is 26.7 Å². The first-order valence-corrected chi connectivity index (χ1v) is 10.1. The van der Waals surface area contributed by atoms with E-state index in [1.807, 2.05) is 0 Å². The second-order valence-electron chi connectivity index (χ2n) is 7.37. The lowest BCUT2D eigenvalue weighted by Gasteiger charge is -2.30. The minimum atomic E-state index is -4.78. The standard InChI is InChI=1S/C21H17F5N2OS/c22-16-9-15(10-17(23)11-16)20(21(24,25)26)12-18(27-30-20)13-3-5-14(6-4-13)19(29)28-7-1-2-8-28/h3-6,9-11H,1-2,7-8,12H2. The van der Waals surface area contributed by atoms with E-state index < -0.39 is 34.5 Å². The van der Waals surface area contributed by atoms with Crippen LogP contribution in [0.1, 0.15) is 40.7 Å². The molecular formula is C21H17F5N2OS. The van der Waals surface area contributed by atoms with E-state index in [1.165, 1.54) is 0 Å². The monoisotopic (exact) mass is 440 g/mol. The third-order valence-corrected chi connectivity index (χ3v) is 6.61. The van der Waals surface area contributed by atoms with Gasteiger partial charge in [-0.25, -0.2) is 13.2 Å². The molecule has 158 valence electrons. The molecular weight excluding hydrogens is 423 g/mol. The zero-order valence-electron chi connectivity index (χ0n) is 15.7. The first-order chi connectivity index (χ1) is 14.2. The lowest BCUT2D eigenvalue weighted by Crippen LogP contribution is -2.39. The Morgan fingerprint density at radius 1 is 1.00 bits per heavy atom. The van der Waals surface area contributed by atoms with Crippen LogP contribution in [0.4, 0.5) is 22.0 Å². The highest BCUT2D eigenvalue weighted by atomic mass is 32.2. The second kappa shape index (κ2) is 7.68. The topological polar surface area (TPSA) is 32.7 Å². The molecule has 1 fully saturated rings. The summed E-state index contributed by atoms with van der Waals surface area (Å²) in [6.07, 6.45) is -3.44. The van der Waals surface area contributed by atoms with Crippen LogP contribution in [0.5, 0.6) is 0 Å². The van der Waals surface area contributed by atoms with E-state index in [-0.39, 0.29) is 23.6 Å². The average Bonchev–Trinajstić information content (AvgIpc) is 3.37. The van der Waals surface area contributed by atoms with Crippen molar-refractivity contribution in [2.75, 3.05) is 13.1 Å². The summed E-state index contributed by atoms with van der Waals surface area (Å²) in [5.41, 5.74) is 0.531. The predicted octanol–water partition coefficient (Wildman–Crippen LogP) is 5.50. The third kappa shape index (κ3) is 3.71. The predicted molar refractivity (Wildman–Crippen MR) is 104 cm³/mol. The van der Waals surface area contributed by atoms with Gasteiger partial charge in [0.1, 0.15) is 11.6 Å². The summed E-state index contributed by atoms with van der Waals surface area (Å²) in [4.78, 5) is 14.2. The van der Waals surface area contributed by atoms with Gasteiger partial charge in [-0.15, -0.1) is 0 Å². The third-order valence-electron chi connectivity index (χ3n) is 5.37. The quantitative estimate of drug-likeness (QED) is 0.467. The highest BCUT2D eigenvalue weighted by molar-refractivity contribution is 7.99. The van der Waals surface area contributed by atoms with E-state index in [0.29, 0.717) is 42.4 Å². The van der Waals surface area contributed by atoms with Crippen molar-refractivity contribution in [3.63, 3.8) is 0 Å². The van der Waals surface area contributed by atoms with Crippen LogP contribution in [0.25, 0.3) is 0 Å². The van der Waals surface area contributed by atoms with E-state index in [2.05, 4.69) is 4.40 Å². The van der Waals surface area contributed by atoms with Crippen LogP contribution in [0.2, 0.25) is 0 Å². The summed E-state index contributed by atoms with van der Waals surface area (Å²) < 4.78 is 70.7. The summed E-state index contributed by atoms with van der Waals surface area (Å²) in [6.45, 7) is 1.39. The van der Waals surface area contributed by atoms with E-state index in [0.717, 1.165) is 12.8 Å². The number of hydrogen-bond acceptors (Lipinski definition) is 3. The smallest absolute Gasteiger partial charge is 0.339 e. The molecule has 2 aliphatic rings. The van der Waals surface area contributed by atoms with Gasteiger partial charge in [0, 0.05) is 31.1 Å². The second-order valence-corrected chi connectivity index (χ2v) is 8.43. The Kier molecular flexibility index (Phi) is 5.34. The average molecular weight is 440 g/mol. The number of nitrogens with zero attached hydrogens (tertiary/aromatic N) is 2. The zero-order valence-corrected chi connectivity index (χ0v) is 16.5. The van der Waals surface area contributed by atoms with Crippen LogP contribution in [-0.2, 0) is 4.75 Å². The normalized spacial score (nSPS) is 21.8. The lowest BCUT2D eigenvalue weighted by atomic mass is 9.89. The van der Waals surface area contributed by atoms with Crippen molar-refractivity contribution in [2.24, 2.45) is 4.40 Å². The van der Waals surface area contributed by atoms with Crippen LogP contribution < -0.4 is 0 Å². The van der Waals surface area contributed by atoms with Gasteiger partial charge in [-0.2, -0.15) is 13.2 Å². The van der Waals surface area contributed by atoms with Gasteiger partial charge >= 0.3 is 6.18 Å². The molecule has 2 aromatic carbocycles. The molecule has 1 atom stereocenters. The van der Waals surface area contributed by atoms with Gasteiger partial charge in [0.2, 0.25) is 0 Å². The molecule has 2 aromatic rings. The van der Waals surface area contributed by atoms with Crippen molar-refractivity contribution in [2.45, 2.75) is 30.2 Å². The van der Waals surface area contributed by atoms with Crippen molar-refractivity contribution in [3.8, 4) is 0 Å². The highest BCUT2D eigenvalue weighted by Gasteiger charge is 2.60. The molecule has 0 N–H and O–H groups in total. The van der Waals surface area contributed by atoms with Gasteiger partial charge in [0.25, 0.3) is 5.91 Å². The largest absolute Gasteiger partial charge is 0.409 e. The maximum Gasteiger partial charge on any atom is 0.409 e. The maximum absolute atomic E-state index is 14.0. The lowest BCUT2D eigenvalue weighted by molar-refractivity contribution is -0.159. The number of benzene rings is 2. The van der Waals surface area contributed by atoms with Gasteiger partial charge in [-0.1, -0.05) is 12.1 Å². The van der Waals surface area contributed by atoms with Gasteiger partial charge < -0.3 is 4.90 Å². The SMILES string of the molecule is O=C(c1ccc(C2=NSC(c3cc(F)cc(F)c3)(C(F)(F)F)C2)cc1)N1CCCC1. The van der Waals surface area contributed by atoms with Crippen LogP contribution in [0.15, 0.2) is 46.9 Å². The number of rotatable bonds is 3. The molecule has 4 rings (SSSR count). The minimum absolute atomic E-state index is 0.110. The first-order valence-electron chi connectivity index (χ1n) is 9.38. The van der Waals surface area contributed by atoms with Crippen LogP contribution in [-0.4, -0.2) is 35.8 Å². The molecule has 0 saturated carbocycles. The maximum atomic E-state index is 14.0. The Bertz CT molecular complexity index is 979. The van der Waals surface area contributed by atoms with Gasteiger partial charge in [-0.05, 0) is 60.2 Å². The Morgan fingerprint density at radius 2 is 1.60 bits per heavy atom. The number of amides is 1. The Balaban J connectivity index is 1.60. The fraction of sp³-hybridized carbons (Fsp3) is 0.333. The number of likely N-dealkylation sites (tertiary alicyclic amines) is 1. The highest BCUT2D eigenvalue weighted by Crippen LogP contribution is 2.56. The summed E-state index contributed by atoms with van der Waals surface area (Å²) in [7, 11) is 0. The molecule has 1 saturated heterocycles. The Hall–Kier alpha value is -2.42. The van der Waals surface area contributed by atoms with Crippen LogP contribution >= 0.6 is 11.9 Å². The number of alkyl halides is 3. The van der Waals surface area contributed by atoms with E-state index in [4.69, 9.17) is 0 Å². The first kappa shape index (κ1) is 20.8. The Labute approximate surface area is 174 Å². The van der Waals surface area contributed by atoms with Crippen molar-refractivity contribution in [3.05, 3.63) is 70.8 Å². The number of halogens is 5. The van der Waals surface area contributed by atoms with Gasteiger partial charge in [0.15, 0.2) is 4.75 Å². The summed E-state index contributed by atoms with van der Waals surface area (Å²) in [5.74, 6) is -2.26. The molecule has 0 radical (unpaired) electrons. The molecule has 30 heavy (non-hydrogen) atoms. The van der Waals surface area contributed by atoms with Crippen molar-refractivity contribution >= 4 is 23.6 Å². The Morgan fingerprint density at radius 3 is 2.17 bits per heavy atom. The molecule has 2 heterocycles. The fourth-order valence-corrected chi connectivity index (χ4v) is 4.72. The van der Waals surface area contributed by atoms with Crippen molar-refractivity contribution in [1.82, 2.24) is 4.90 Å². The van der Waals surface area contributed by atoms with Gasteiger partial charge in [0.05, 0.1) is 5.71 Å². The number of hydrogen-bond donors (Lipinski definition) is 0.